The van der Waals surface area contributed by atoms with Crippen LogP contribution in [0.15, 0.2) is 22.9 Å². The highest BCUT2D eigenvalue weighted by atomic mass is 79.9. The third-order valence-corrected chi connectivity index (χ3v) is 6.31. The summed E-state index contributed by atoms with van der Waals surface area (Å²) >= 11 is 3.66. The first-order valence-corrected chi connectivity index (χ1v) is 10.1. The van der Waals surface area contributed by atoms with Gasteiger partial charge in [-0.05, 0) is 59.3 Å². The van der Waals surface area contributed by atoms with Gasteiger partial charge in [0, 0.05) is 37.2 Å². The molecule has 2 aromatic heterocycles. The normalized spacial score (nSPS) is 15.2. The molecular formula is C20H25BrN4O. The topological polar surface area (TPSA) is 55.9 Å². The number of hydrogen-bond donors (Lipinski definition) is 1. The predicted octanol–water partition coefficient (Wildman–Crippen LogP) is 4.62. The second-order valence-electron chi connectivity index (χ2n) is 7.44. The third-order valence-electron chi connectivity index (χ3n) is 5.73. The highest BCUT2D eigenvalue weighted by Gasteiger charge is 2.34. The van der Waals surface area contributed by atoms with Crippen molar-refractivity contribution in [1.29, 1.82) is 0 Å². The van der Waals surface area contributed by atoms with Crippen molar-refractivity contribution in [3.63, 3.8) is 0 Å². The van der Waals surface area contributed by atoms with Crippen molar-refractivity contribution in [3.05, 3.63) is 34.2 Å². The number of rotatable bonds is 5. The van der Waals surface area contributed by atoms with Crippen LogP contribution in [-0.2, 0) is 19.7 Å². The standard InChI is InChI=1S/C20H25BrN4O/c1-5-20(26,6-2)15-10-16-13(11-24(3)23-16)9-14(15)19-22-18(21)17(25(19)4)12-7-8-12/h9-12,26H,5-8H2,1-4H3. The maximum atomic E-state index is 11.3. The monoisotopic (exact) mass is 416 g/mol. The summed E-state index contributed by atoms with van der Waals surface area (Å²) in [5.41, 5.74) is 3.18. The minimum Gasteiger partial charge on any atom is -0.385 e. The molecule has 0 radical (unpaired) electrons. The van der Waals surface area contributed by atoms with E-state index >= 15 is 0 Å². The molecule has 0 unspecified atom stereocenters. The van der Waals surface area contributed by atoms with E-state index in [1.165, 1.54) is 18.5 Å². The molecule has 6 heteroatoms. The van der Waals surface area contributed by atoms with E-state index in [2.05, 4.69) is 38.7 Å². The molecule has 0 aliphatic heterocycles. The van der Waals surface area contributed by atoms with E-state index in [4.69, 9.17) is 4.98 Å². The van der Waals surface area contributed by atoms with Gasteiger partial charge in [-0.3, -0.25) is 4.68 Å². The highest BCUT2D eigenvalue weighted by molar-refractivity contribution is 9.10. The zero-order valence-electron chi connectivity index (χ0n) is 15.8. The Balaban J connectivity index is 2.00. The largest absolute Gasteiger partial charge is 0.385 e. The minimum absolute atomic E-state index is 0.595. The lowest BCUT2D eigenvalue weighted by atomic mass is 9.84. The first-order chi connectivity index (χ1) is 12.4. The number of imidazole rings is 1. The minimum atomic E-state index is -0.890. The number of benzene rings is 1. The Bertz CT molecular complexity index is 980. The Morgan fingerprint density at radius 3 is 2.54 bits per heavy atom. The SMILES string of the molecule is CCC(O)(CC)c1cc2nn(C)cc2cc1-c1nc(Br)c(C2CC2)n1C. The van der Waals surface area contributed by atoms with Crippen LogP contribution >= 0.6 is 15.9 Å². The second kappa shape index (κ2) is 6.20. The van der Waals surface area contributed by atoms with Crippen LogP contribution in [0.5, 0.6) is 0 Å². The molecule has 3 aromatic rings. The van der Waals surface area contributed by atoms with E-state index < -0.39 is 5.60 Å². The summed E-state index contributed by atoms with van der Waals surface area (Å²) in [4.78, 5) is 4.84. The molecule has 1 aromatic carbocycles. The van der Waals surface area contributed by atoms with Crippen LogP contribution in [-0.4, -0.2) is 24.4 Å². The average molecular weight is 417 g/mol. The van der Waals surface area contributed by atoms with Gasteiger partial charge in [0.25, 0.3) is 0 Å². The Hall–Kier alpha value is -1.66. The maximum absolute atomic E-state index is 11.3. The zero-order chi connectivity index (χ0) is 18.6. The molecule has 0 atom stereocenters. The van der Waals surface area contributed by atoms with Crippen LogP contribution in [0.1, 0.15) is 56.7 Å². The number of aryl methyl sites for hydroxylation is 1. The molecule has 4 rings (SSSR count). The van der Waals surface area contributed by atoms with Gasteiger partial charge in [-0.2, -0.15) is 5.10 Å². The fourth-order valence-corrected chi connectivity index (χ4v) is 4.67. The second-order valence-corrected chi connectivity index (χ2v) is 8.19. The van der Waals surface area contributed by atoms with E-state index in [1.54, 1.807) is 0 Å². The maximum Gasteiger partial charge on any atom is 0.141 e. The van der Waals surface area contributed by atoms with Crippen molar-refractivity contribution in [2.45, 2.75) is 51.0 Å². The van der Waals surface area contributed by atoms with Crippen LogP contribution in [0.4, 0.5) is 0 Å². The van der Waals surface area contributed by atoms with Crippen LogP contribution in [0.3, 0.4) is 0 Å². The van der Waals surface area contributed by atoms with Gasteiger partial charge in [-0.1, -0.05) is 13.8 Å². The third kappa shape index (κ3) is 2.70. The molecule has 1 aliphatic rings. The molecule has 2 heterocycles. The number of halogens is 1. The van der Waals surface area contributed by atoms with Gasteiger partial charge in [0.2, 0.25) is 0 Å². The van der Waals surface area contributed by atoms with E-state index in [0.717, 1.165) is 32.5 Å². The van der Waals surface area contributed by atoms with Gasteiger partial charge in [0.1, 0.15) is 10.4 Å². The summed E-state index contributed by atoms with van der Waals surface area (Å²) in [5, 5.41) is 16.9. The Morgan fingerprint density at radius 1 is 1.23 bits per heavy atom. The quantitative estimate of drug-likeness (QED) is 0.659. The van der Waals surface area contributed by atoms with E-state index in [1.807, 2.05) is 37.8 Å². The van der Waals surface area contributed by atoms with Crippen molar-refractivity contribution >= 4 is 26.8 Å². The number of hydrogen-bond acceptors (Lipinski definition) is 3. The zero-order valence-corrected chi connectivity index (χ0v) is 17.3. The van der Waals surface area contributed by atoms with Crippen molar-refractivity contribution in [2.24, 2.45) is 14.1 Å². The smallest absolute Gasteiger partial charge is 0.141 e. The summed E-state index contributed by atoms with van der Waals surface area (Å²) < 4.78 is 4.93. The molecule has 0 bridgehead atoms. The van der Waals surface area contributed by atoms with Crippen molar-refractivity contribution in [2.75, 3.05) is 0 Å². The first kappa shape index (κ1) is 17.7. The average Bonchev–Trinajstić information content (AvgIpc) is 3.31. The number of nitrogens with zero attached hydrogens (tertiary/aromatic N) is 4. The predicted molar refractivity (Wildman–Crippen MR) is 107 cm³/mol. The Morgan fingerprint density at radius 2 is 1.92 bits per heavy atom. The Kier molecular flexibility index (Phi) is 4.23. The van der Waals surface area contributed by atoms with Gasteiger partial charge in [0.15, 0.2) is 0 Å². The van der Waals surface area contributed by atoms with Gasteiger partial charge >= 0.3 is 0 Å². The molecule has 0 amide bonds. The summed E-state index contributed by atoms with van der Waals surface area (Å²) in [6.07, 6.45) is 5.75. The number of aromatic nitrogens is 4. The lowest BCUT2D eigenvalue weighted by molar-refractivity contribution is 0.0290. The van der Waals surface area contributed by atoms with Gasteiger partial charge < -0.3 is 9.67 Å². The lowest BCUT2D eigenvalue weighted by Gasteiger charge is -2.28. The van der Waals surface area contributed by atoms with Crippen LogP contribution in [0.2, 0.25) is 0 Å². The fraction of sp³-hybridized carbons (Fsp3) is 0.500. The molecule has 0 spiro atoms. The number of aliphatic hydroxyl groups is 1. The molecule has 1 saturated carbocycles. The lowest BCUT2D eigenvalue weighted by Crippen LogP contribution is -2.24. The summed E-state index contributed by atoms with van der Waals surface area (Å²) in [6, 6.07) is 4.16. The van der Waals surface area contributed by atoms with E-state index in [-0.39, 0.29) is 0 Å². The molecule has 26 heavy (non-hydrogen) atoms. The molecule has 1 aliphatic carbocycles. The van der Waals surface area contributed by atoms with Crippen molar-refractivity contribution < 1.29 is 5.11 Å². The van der Waals surface area contributed by atoms with Crippen molar-refractivity contribution in [1.82, 2.24) is 19.3 Å². The molecule has 1 N–H and O–H groups in total. The molecular weight excluding hydrogens is 392 g/mol. The summed E-state index contributed by atoms with van der Waals surface area (Å²) in [7, 11) is 4.00. The van der Waals surface area contributed by atoms with Crippen LogP contribution in [0, 0.1) is 0 Å². The van der Waals surface area contributed by atoms with Crippen LogP contribution in [0.25, 0.3) is 22.3 Å². The molecule has 1 fully saturated rings. The first-order valence-electron chi connectivity index (χ1n) is 9.30. The van der Waals surface area contributed by atoms with Gasteiger partial charge in [-0.15, -0.1) is 0 Å². The fourth-order valence-electron chi connectivity index (χ4n) is 3.91. The van der Waals surface area contributed by atoms with E-state index in [0.29, 0.717) is 18.8 Å². The van der Waals surface area contributed by atoms with Gasteiger partial charge in [-0.25, -0.2) is 4.98 Å². The number of fused-ring (bicyclic) bond motifs is 1. The molecule has 5 nitrogen and oxygen atoms in total. The van der Waals surface area contributed by atoms with Gasteiger partial charge in [0.05, 0.1) is 16.8 Å². The summed E-state index contributed by atoms with van der Waals surface area (Å²) in [6.45, 7) is 4.06. The molecule has 0 saturated heterocycles. The van der Waals surface area contributed by atoms with Crippen molar-refractivity contribution in [3.8, 4) is 11.4 Å². The van der Waals surface area contributed by atoms with Crippen LogP contribution < -0.4 is 0 Å². The summed E-state index contributed by atoms with van der Waals surface area (Å²) in [5.74, 6) is 1.50. The van der Waals surface area contributed by atoms with E-state index in [9.17, 15) is 5.11 Å². The Labute approximate surface area is 162 Å². The highest BCUT2D eigenvalue weighted by Crippen LogP contribution is 2.46. The molecule has 138 valence electrons.